The van der Waals surface area contributed by atoms with Gasteiger partial charge in [0.1, 0.15) is 10.6 Å². The van der Waals surface area contributed by atoms with Gasteiger partial charge in [0.15, 0.2) is 11.7 Å². The van der Waals surface area contributed by atoms with Crippen LogP contribution in [0.3, 0.4) is 0 Å². The Balaban J connectivity index is 2.05. The Labute approximate surface area is 136 Å². The van der Waals surface area contributed by atoms with Gasteiger partial charge in [-0.15, -0.1) is 0 Å². The predicted octanol–water partition coefficient (Wildman–Crippen LogP) is 2.83. The van der Waals surface area contributed by atoms with Crippen LogP contribution in [0.2, 0.25) is 0 Å². The Hall–Kier alpha value is -1.86. The molecule has 6 nitrogen and oxygen atoms in total. The van der Waals surface area contributed by atoms with E-state index in [1.54, 1.807) is 31.3 Å². The van der Waals surface area contributed by atoms with Crippen molar-refractivity contribution in [3.63, 3.8) is 0 Å². The van der Waals surface area contributed by atoms with E-state index in [0.29, 0.717) is 36.1 Å². The Kier molecular flexibility index (Phi) is 4.41. The molecular formula is C16H20N2O4S. The molecule has 1 aromatic heterocycles. The van der Waals surface area contributed by atoms with Crippen LogP contribution in [0.25, 0.3) is 11.3 Å². The summed E-state index contributed by atoms with van der Waals surface area (Å²) in [7, 11) is -2.11. The molecule has 1 saturated heterocycles. The van der Waals surface area contributed by atoms with Crippen molar-refractivity contribution in [2.45, 2.75) is 31.1 Å². The summed E-state index contributed by atoms with van der Waals surface area (Å²) in [5, 5.41) is 0. The van der Waals surface area contributed by atoms with Crippen molar-refractivity contribution in [3.8, 4) is 17.1 Å². The van der Waals surface area contributed by atoms with Crippen LogP contribution in [0.4, 0.5) is 0 Å². The zero-order chi connectivity index (χ0) is 16.4. The van der Waals surface area contributed by atoms with E-state index in [1.807, 2.05) is 0 Å². The first-order valence-corrected chi connectivity index (χ1v) is 9.07. The van der Waals surface area contributed by atoms with Gasteiger partial charge in [-0.3, -0.25) is 0 Å². The lowest BCUT2D eigenvalue weighted by molar-refractivity contribution is 0.343. The van der Waals surface area contributed by atoms with E-state index in [1.165, 1.54) is 11.4 Å². The highest BCUT2D eigenvalue weighted by Crippen LogP contribution is 2.33. The highest BCUT2D eigenvalue weighted by molar-refractivity contribution is 7.89. The summed E-state index contributed by atoms with van der Waals surface area (Å²) in [6, 6.07) is 5.03. The maximum atomic E-state index is 13.0. The van der Waals surface area contributed by atoms with Crippen LogP contribution in [-0.2, 0) is 10.0 Å². The normalized spacial score (nSPS) is 16.4. The number of methoxy groups -OCH3 is 1. The van der Waals surface area contributed by atoms with Gasteiger partial charge in [0.25, 0.3) is 0 Å². The third-order valence-corrected chi connectivity index (χ3v) is 5.92. The molecule has 0 aliphatic carbocycles. The molecule has 7 heteroatoms. The maximum absolute atomic E-state index is 13.0. The van der Waals surface area contributed by atoms with E-state index in [2.05, 4.69) is 4.98 Å². The first-order valence-electron chi connectivity index (χ1n) is 7.63. The fourth-order valence-corrected chi connectivity index (χ4v) is 4.47. The molecule has 0 amide bonds. The van der Waals surface area contributed by atoms with Gasteiger partial charge in [0, 0.05) is 25.6 Å². The molecule has 2 aromatic rings. The molecule has 0 spiro atoms. The summed E-state index contributed by atoms with van der Waals surface area (Å²) in [6.07, 6.45) is 4.44. The monoisotopic (exact) mass is 336 g/mol. The van der Waals surface area contributed by atoms with E-state index in [4.69, 9.17) is 9.15 Å². The predicted molar refractivity (Wildman–Crippen MR) is 85.8 cm³/mol. The second-order valence-electron chi connectivity index (χ2n) is 5.57. The molecule has 1 aromatic carbocycles. The summed E-state index contributed by atoms with van der Waals surface area (Å²) in [4.78, 5) is 4.23. The minimum Gasteiger partial charge on any atom is -0.495 e. The number of rotatable bonds is 4. The average Bonchev–Trinajstić information content (AvgIpc) is 3.01. The van der Waals surface area contributed by atoms with Gasteiger partial charge in [-0.2, -0.15) is 4.31 Å². The fourth-order valence-electron chi connectivity index (χ4n) is 2.77. The number of ether oxygens (including phenoxy) is 1. The standard InChI is InChI=1S/C16H20N2O4S/c1-12-17-11-15(22-12)13-6-7-14(21-2)16(10-13)23(19,20)18-8-4-3-5-9-18/h6-7,10-11H,3-5,8-9H2,1-2H3. The van der Waals surface area contributed by atoms with Crippen LogP contribution in [0, 0.1) is 6.92 Å². The number of hydrogen-bond acceptors (Lipinski definition) is 5. The Morgan fingerprint density at radius 2 is 1.96 bits per heavy atom. The number of benzene rings is 1. The zero-order valence-electron chi connectivity index (χ0n) is 13.3. The van der Waals surface area contributed by atoms with Gasteiger partial charge in [0.05, 0.1) is 13.3 Å². The number of piperidine rings is 1. The molecule has 0 radical (unpaired) electrons. The van der Waals surface area contributed by atoms with Crippen LogP contribution < -0.4 is 4.74 Å². The Morgan fingerprint density at radius 1 is 1.22 bits per heavy atom. The molecule has 0 unspecified atom stereocenters. The molecule has 0 N–H and O–H groups in total. The summed E-state index contributed by atoms with van der Waals surface area (Å²) < 4.78 is 38.2. The van der Waals surface area contributed by atoms with E-state index in [-0.39, 0.29) is 4.90 Å². The molecule has 1 aliphatic rings. The first kappa shape index (κ1) is 16.0. The van der Waals surface area contributed by atoms with Crippen molar-refractivity contribution >= 4 is 10.0 Å². The second-order valence-corrected chi connectivity index (χ2v) is 7.48. The third-order valence-electron chi connectivity index (χ3n) is 4.00. The van der Waals surface area contributed by atoms with Crippen LogP contribution in [0.15, 0.2) is 33.7 Å². The highest BCUT2D eigenvalue weighted by Gasteiger charge is 2.29. The smallest absolute Gasteiger partial charge is 0.246 e. The molecule has 1 aliphatic heterocycles. The number of nitrogens with zero attached hydrogens (tertiary/aromatic N) is 2. The van der Waals surface area contributed by atoms with Gasteiger partial charge in [-0.05, 0) is 31.0 Å². The van der Waals surface area contributed by atoms with Crippen LogP contribution in [0.1, 0.15) is 25.2 Å². The van der Waals surface area contributed by atoms with Crippen molar-refractivity contribution in [2.24, 2.45) is 0 Å². The van der Waals surface area contributed by atoms with E-state index >= 15 is 0 Å². The lowest BCUT2D eigenvalue weighted by Gasteiger charge is -2.26. The number of sulfonamides is 1. The van der Waals surface area contributed by atoms with Crippen molar-refractivity contribution < 1.29 is 17.6 Å². The molecule has 23 heavy (non-hydrogen) atoms. The maximum Gasteiger partial charge on any atom is 0.246 e. The van der Waals surface area contributed by atoms with Crippen LogP contribution in [-0.4, -0.2) is 37.9 Å². The van der Waals surface area contributed by atoms with Gasteiger partial charge in [-0.25, -0.2) is 13.4 Å². The molecule has 3 rings (SSSR count). The number of hydrogen-bond donors (Lipinski definition) is 0. The largest absolute Gasteiger partial charge is 0.495 e. The van der Waals surface area contributed by atoms with Crippen LogP contribution >= 0.6 is 0 Å². The average molecular weight is 336 g/mol. The lowest BCUT2D eigenvalue weighted by Crippen LogP contribution is -2.35. The third kappa shape index (κ3) is 3.11. The molecular weight excluding hydrogens is 316 g/mol. The summed E-state index contributed by atoms with van der Waals surface area (Å²) in [5.41, 5.74) is 0.669. The van der Waals surface area contributed by atoms with Gasteiger partial charge < -0.3 is 9.15 Å². The minimum absolute atomic E-state index is 0.174. The first-order chi connectivity index (χ1) is 11.0. The number of aryl methyl sites for hydroxylation is 1. The van der Waals surface area contributed by atoms with E-state index in [9.17, 15) is 8.42 Å². The SMILES string of the molecule is COc1ccc(-c2cnc(C)o2)cc1S(=O)(=O)N1CCCCC1. The van der Waals surface area contributed by atoms with E-state index in [0.717, 1.165) is 19.3 Å². The van der Waals surface area contributed by atoms with Gasteiger partial charge in [-0.1, -0.05) is 6.42 Å². The topological polar surface area (TPSA) is 72.6 Å². The molecule has 0 saturated carbocycles. The van der Waals surface area contributed by atoms with E-state index < -0.39 is 10.0 Å². The Bertz CT molecular complexity index is 792. The molecule has 0 bridgehead atoms. The van der Waals surface area contributed by atoms with Crippen molar-refractivity contribution in [1.29, 1.82) is 0 Å². The summed E-state index contributed by atoms with van der Waals surface area (Å²) in [6.45, 7) is 2.85. The van der Waals surface area contributed by atoms with Gasteiger partial charge >= 0.3 is 0 Å². The van der Waals surface area contributed by atoms with Crippen molar-refractivity contribution in [2.75, 3.05) is 20.2 Å². The second kappa shape index (κ2) is 6.33. The highest BCUT2D eigenvalue weighted by atomic mass is 32.2. The lowest BCUT2D eigenvalue weighted by atomic mass is 10.2. The quantitative estimate of drug-likeness (QED) is 0.858. The zero-order valence-corrected chi connectivity index (χ0v) is 14.1. The van der Waals surface area contributed by atoms with Crippen LogP contribution in [0.5, 0.6) is 5.75 Å². The van der Waals surface area contributed by atoms with Gasteiger partial charge in [0.2, 0.25) is 10.0 Å². The minimum atomic E-state index is -3.58. The fraction of sp³-hybridized carbons (Fsp3) is 0.438. The summed E-state index contributed by atoms with van der Waals surface area (Å²) in [5.74, 6) is 1.42. The molecule has 2 heterocycles. The summed E-state index contributed by atoms with van der Waals surface area (Å²) >= 11 is 0. The molecule has 1 fully saturated rings. The molecule has 0 atom stereocenters. The number of oxazole rings is 1. The van der Waals surface area contributed by atoms with Crippen molar-refractivity contribution in [1.82, 2.24) is 9.29 Å². The Morgan fingerprint density at radius 3 is 2.57 bits per heavy atom. The molecule has 124 valence electrons. The van der Waals surface area contributed by atoms with Crippen molar-refractivity contribution in [3.05, 3.63) is 30.3 Å². The number of aromatic nitrogens is 1.